The standard InChI is InChI=1S/C20H20Cl2N8O/c1-28-19(31)14-16(9-4-5-11-13(15(9)21)17(22)29(2)27-11)25-26-18(14)24-20(28)30-8-3-6-12(30)10(23)7-8/h4-5,8,10,12,14H,3,6-7,23H2,1-2H3/t8-,10+,12+,14?/m0/s1. The van der Waals surface area contributed by atoms with Gasteiger partial charge in [-0.15, -0.1) is 5.10 Å². The lowest BCUT2D eigenvalue weighted by Crippen LogP contribution is -2.55. The van der Waals surface area contributed by atoms with E-state index in [-0.39, 0.29) is 18.0 Å². The van der Waals surface area contributed by atoms with Gasteiger partial charge in [-0.25, -0.2) is 0 Å². The molecule has 0 radical (unpaired) electrons. The van der Waals surface area contributed by atoms with Crippen LogP contribution in [0.15, 0.2) is 27.3 Å². The van der Waals surface area contributed by atoms with Crippen molar-refractivity contribution in [1.29, 1.82) is 0 Å². The van der Waals surface area contributed by atoms with Crippen molar-refractivity contribution in [2.75, 3.05) is 7.05 Å². The highest BCUT2D eigenvalue weighted by Crippen LogP contribution is 2.40. The molecular weight excluding hydrogens is 439 g/mol. The summed E-state index contributed by atoms with van der Waals surface area (Å²) in [6.07, 6.45) is 3.01. The highest BCUT2D eigenvalue weighted by molar-refractivity contribution is 6.45. The quantitative estimate of drug-likeness (QED) is 0.705. The van der Waals surface area contributed by atoms with Gasteiger partial charge in [-0.3, -0.25) is 14.4 Å². The van der Waals surface area contributed by atoms with E-state index in [1.54, 1.807) is 29.7 Å². The van der Waals surface area contributed by atoms with E-state index in [4.69, 9.17) is 33.9 Å². The summed E-state index contributed by atoms with van der Waals surface area (Å²) in [5, 5.41) is 14.4. The number of aryl methyl sites for hydroxylation is 1. The molecule has 6 rings (SSSR count). The summed E-state index contributed by atoms with van der Waals surface area (Å²) in [5.41, 5.74) is 8.05. The molecule has 160 valence electrons. The van der Waals surface area contributed by atoms with E-state index in [0.29, 0.717) is 50.2 Å². The van der Waals surface area contributed by atoms with Crippen molar-refractivity contribution in [2.24, 2.45) is 33.9 Å². The maximum atomic E-state index is 13.5. The van der Waals surface area contributed by atoms with Crippen molar-refractivity contribution in [3.63, 3.8) is 0 Å². The first-order chi connectivity index (χ1) is 14.9. The van der Waals surface area contributed by atoms with Crippen molar-refractivity contribution < 1.29 is 4.79 Å². The second-order valence-corrected chi connectivity index (χ2v) is 9.26. The zero-order valence-electron chi connectivity index (χ0n) is 17.0. The van der Waals surface area contributed by atoms with Crippen molar-refractivity contribution in [1.82, 2.24) is 19.6 Å². The Morgan fingerprint density at radius 2 is 1.97 bits per heavy atom. The molecule has 31 heavy (non-hydrogen) atoms. The number of nitrogens with zero attached hydrogens (tertiary/aromatic N) is 7. The van der Waals surface area contributed by atoms with Crippen molar-refractivity contribution >= 4 is 57.5 Å². The van der Waals surface area contributed by atoms with Gasteiger partial charge in [0.2, 0.25) is 11.9 Å². The molecule has 1 amide bonds. The SMILES string of the molecule is CN1C(=O)C2C(=NN=C2c2ccc3nn(C)c(Cl)c3c2Cl)N=C1N1[C@H]2CC[C@@H]1[C@H](N)C2. The topological polar surface area (TPSA) is 104 Å². The number of benzene rings is 1. The molecule has 4 atom stereocenters. The molecule has 5 heterocycles. The maximum absolute atomic E-state index is 13.5. The summed E-state index contributed by atoms with van der Waals surface area (Å²) in [7, 11) is 3.50. The fraction of sp³-hybridized carbons (Fsp3) is 0.450. The summed E-state index contributed by atoms with van der Waals surface area (Å²) in [5.74, 6) is 0.177. The van der Waals surface area contributed by atoms with E-state index in [2.05, 4.69) is 20.2 Å². The second-order valence-electron chi connectivity index (χ2n) is 8.53. The Balaban J connectivity index is 1.39. The number of aliphatic imine (C=N–C) groups is 1. The van der Waals surface area contributed by atoms with Gasteiger partial charge in [0.15, 0.2) is 5.84 Å². The van der Waals surface area contributed by atoms with Gasteiger partial charge in [0.25, 0.3) is 0 Å². The lowest BCUT2D eigenvalue weighted by Gasteiger charge is -2.35. The van der Waals surface area contributed by atoms with Gasteiger partial charge in [-0.1, -0.05) is 23.2 Å². The van der Waals surface area contributed by atoms with Crippen LogP contribution in [-0.4, -0.2) is 68.2 Å². The highest BCUT2D eigenvalue weighted by atomic mass is 35.5. The Hall–Kier alpha value is -2.49. The molecule has 2 bridgehead atoms. The normalized spacial score (nSPS) is 29.6. The molecule has 0 aliphatic carbocycles. The van der Waals surface area contributed by atoms with Crippen LogP contribution in [0.1, 0.15) is 24.8 Å². The Kier molecular flexibility index (Phi) is 4.03. The molecule has 4 aliphatic rings. The van der Waals surface area contributed by atoms with Crippen LogP contribution in [0.4, 0.5) is 0 Å². The highest BCUT2D eigenvalue weighted by Gasteiger charge is 2.51. The van der Waals surface area contributed by atoms with Crippen LogP contribution >= 0.6 is 23.2 Å². The van der Waals surface area contributed by atoms with Crippen molar-refractivity contribution in [3.05, 3.63) is 27.9 Å². The molecule has 2 aromatic rings. The molecule has 2 saturated heterocycles. The minimum absolute atomic E-state index is 0.106. The molecule has 1 aromatic heterocycles. The molecule has 0 saturated carbocycles. The summed E-state index contributed by atoms with van der Waals surface area (Å²) in [4.78, 5) is 22.0. The monoisotopic (exact) mass is 458 g/mol. The number of rotatable bonds is 1. The number of amides is 1. The molecule has 0 spiro atoms. The number of halogens is 2. The first-order valence-electron chi connectivity index (χ1n) is 10.2. The minimum atomic E-state index is -0.701. The number of aromatic nitrogens is 2. The van der Waals surface area contributed by atoms with Gasteiger partial charge >= 0.3 is 0 Å². The Morgan fingerprint density at radius 3 is 2.68 bits per heavy atom. The summed E-state index contributed by atoms with van der Waals surface area (Å²) < 4.78 is 1.56. The smallest absolute Gasteiger partial charge is 0.246 e. The van der Waals surface area contributed by atoms with Crippen LogP contribution in [0.5, 0.6) is 0 Å². The van der Waals surface area contributed by atoms with E-state index in [0.717, 1.165) is 19.3 Å². The van der Waals surface area contributed by atoms with Crippen LogP contribution in [-0.2, 0) is 11.8 Å². The molecule has 9 nitrogen and oxygen atoms in total. The van der Waals surface area contributed by atoms with E-state index >= 15 is 0 Å². The number of fused-ring (bicyclic) bond motifs is 4. The number of amidine groups is 1. The van der Waals surface area contributed by atoms with E-state index in [1.807, 2.05) is 6.07 Å². The number of nitrogens with two attached hydrogens (primary N) is 1. The van der Waals surface area contributed by atoms with E-state index in [9.17, 15) is 4.79 Å². The zero-order valence-corrected chi connectivity index (χ0v) is 18.5. The number of hydrogen-bond acceptors (Lipinski definition) is 7. The third-order valence-electron chi connectivity index (χ3n) is 6.84. The number of carbonyl (C=O) groups is 1. The summed E-state index contributed by atoms with van der Waals surface area (Å²) >= 11 is 13.1. The van der Waals surface area contributed by atoms with E-state index in [1.165, 1.54) is 0 Å². The number of carbonyl (C=O) groups excluding carboxylic acids is 1. The van der Waals surface area contributed by atoms with Gasteiger partial charge < -0.3 is 10.6 Å². The lowest BCUT2D eigenvalue weighted by atomic mass is 9.93. The molecule has 2 N–H and O–H groups in total. The van der Waals surface area contributed by atoms with Crippen LogP contribution in [0.2, 0.25) is 10.2 Å². The fourth-order valence-corrected chi connectivity index (χ4v) is 5.95. The van der Waals surface area contributed by atoms with Gasteiger partial charge in [0.1, 0.15) is 11.1 Å². The van der Waals surface area contributed by atoms with Crippen LogP contribution in [0.25, 0.3) is 10.9 Å². The first-order valence-corrected chi connectivity index (χ1v) is 11.0. The average Bonchev–Trinajstić information content (AvgIpc) is 3.48. The lowest BCUT2D eigenvalue weighted by molar-refractivity contribution is -0.127. The van der Waals surface area contributed by atoms with Gasteiger partial charge in [0.05, 0.1) is 21.6 Å². The molecule has 1 unspecified atom stereocenters. The third-order valence-corrected chi connectivity index (χ3v) is 7.67. The van der Waals surface area contributed by atoms with Gasteiger partial charge in [0, 0.05) is 37.8 Å². The summed E-state index contributed by atoms with van der Waals surface area (Å²) in [6, 6.07) is 4.25. The zero-order chi connectivity index (χ0) is 21.6. The third kappa shape index (κ3) is 2.51. The molecule has 11 heteroatoms. The molecule has 2 fully saturated rings. The predicted octanol–water partition coefficient (Wildman–Crippen LogP) is 2.00. The van der Waals surface area contributed by atoms with E-state index < -0.39 is 5.92 Å². The number of hydrogen-bond donors (Lipinski definition) is 1. The maximum Gasteiger partial charge on any atom is 0.246 e. The minimum Gasteiger partial charge on any atom is -0.335 e. The van der Waals surface area contributed by atoms with Crippen LogP contribution in [0, 0.1) is 5.92 Å². The van der Waals surface area contributed by atoms with Crippen LogP contribution in [0.3, 0.4) is 0 Å². The Morgan fingerprint density at radius 1 is 1.16 bits per heavy atom. The predicted molar refractivity (Wildman–Crippen MR) is 120 cm³/mol. The summed E-state index contributed by atoms with van der Waals surface area (Å²) in [6.45, 7) is 0. The average molecular weight is 459 g/mol. The Labute approximate surface area is 188 Å². The first kappa shape index (κ1) is 19.2. The molecule has 4 aliphatic heterocycles. The largest absolute Gasteiger partial charge is 0.335 e. The van der Waals surface area contributed by atoms with Crippen LogP contribution < -0.4 is 5.73 Å². The second kappa shape index (κ2) is 6.51. The molecule has 1 aromatic carbocycles. The van der Waals surface area contributed by atoms with Gasteiger partial charge in [-0.05, 0) is 31.4 Å². The fourth-order valence-electron chi connectivity index (χ4n) is 5.32. The number of guanidine groups is 1. The molecular formula is C20H20Cl2N8O. The van der Waals surface area contributed by atoms with Crippen molar-refractivity contribution in [2.45, 2.75) is 37.4 Å². The Bertz CT molecular complexity index is 1250. The van der Waals surface area contributed by atoms with Gasteiger partial charge in [-0.2, -0.15) is 15.2 Å². The van der Waals surface area contributed by atoms with Crippen molar-refractivity contribution in [3.8, 4) is 0 Å².